The summed E-state index contributed by atoms with van der Waals surface area (Å²) in [7, 11) is 0. The molecule has 13 nitrogen and oxygen atoms in total. The molecule has 1 saturated carbocycles. The van der Waals surface area contributed by atoms with Gasteiger partial charge in [0.2, 0.25) is 17.7 Å². The molecule has 4 atom stereocenters. The van der Waals surface area contributed by atoms with Crippen LogP contribution in [0.5, 0.6) is 0 Å². The molecular weight excluding hydrogens is 590 g/mol. The zero-order valence-corrected chi connectivity index (χ0v) is 26.5. The summed E-state index contributed by atoms with van der Waals surface area (Å²) >= 11 is 0. The second kappa shape index (κ2) is 13.2. The van der Waals surface area contributed by atoms with Gasteiger partial charge in [-0.2, -0.15) is 0 Å². The normalized spacial score (nSPS) is 21.0. The van der Waals surface area contributed by atoms with Gasteiger partial charge in [0.1, 0.15) is 17.7 Å². The molecule has 2 aliphatic rings. The minimum absolute atomic E-state index is 0.0527. The SMILES string of the molecule is CC[C@@H](NC(=O)c1ccc2ccccc2c1)C(=O)N1C[C@@H](n2nncc2C(C)(C)O)C[C@H]1C(=O)NC1(C(O)C(N)=O)CCCCC1. The van der Waals surface area contributed by atoms with Crippen LogP contribution in [0, 0.1) is 0 Å². The molecule has 1 saturated heterocycles. The van der Waals surface area contributed by atoms with E-state index in [1.165, 1.54) is 15.8 Å². The van der Waals surface area contributed by atoms with Crippen molar-refractivity contribution in [3.8, 4) is 0 Å². The summed E-state index contributed by atoms with van der Waals surface area (Å²) in [5.74, 6) is -2.36. The molecule has 5 rings (SSSR count). The number of nitrogens with one attached hydrogen (secondary N) is 2. The molecule has 1 aromatic heterocycles. The number of carbonyl (C=O) groups is 4. The molecule has 0 bridgehead atoms. The highest BCUT2D eigenvalue weighted by atomic mass is 16.3. The summed E-state index contributed by atoms with van der Waals surface area (Å²) in [6, 6.07) is 10.5. The summed E-state index contributed by atoms with van der Waals surface area (Å²) in [6.07, 6.45) is 3.22. The second-order valence-corrected chi connectivity index (χ2v) is 13.0. The highest BCUT2D eigenvalue weighted by molar-refractivity contribution is 6.01. The van der Waals surface area contributed by atoms with Crippen LogP contribution in [0.15, 0.2) is 48.7 Å². The van der Waals surface area contributed by atoms with E-state index in [1.807, 2.05) is 30.3 Å². The van der Waals surface area contributed by atoms with Crippen molar-refractivity contribution in [2.75, 3.05) is 6.54 Å². The molecule has 1 aliphatic carbocycles. The Morgan fingerprint density at radius 1 is 1.09 bits per heavy atom. The Labute approximate surface area is 267 Å². The van der Waals surface area contributed by atoms with E-state index in [4.69, 9.17) is 5.73 Å². The number of fused-ring (bicyclic) bond motifs is 1. The number of nitrogens with two attached hydrogens (primary N) is 1. The minimum atomic E-state index is -1.60. The smallest absolute Gasteiger partial charge is 0.251 e. The highest BCUT2D eigenvalue weighted by Gasteiger charge is 2.48. The lowest BCUT2D eigenvalue weighted by Crippen LogP contribution is -2.64. The summed E-state index contributed by atoms with van der Waals surface area (Å²) < 4.78 is 1.52. The molecule has 1 aliphatic heterocycles. The number of rotatable bonds is 10. The number of primary amides is 1. The average molecular weight is 634 g/mol. The Morgan fingerprint density at radius 2 is 1.78 bits per heavy atom. The fourth-order valence-electron chi connectivity index (χ4n) is 6.80. The van der Waals surface area contributed by atoms with Crippen molar-refractivity contribution in [1.29, 1.82) is 0 Å². The predicted octanol–water partition coefficient (Wildman–Crippen LogP) is 1.67. The first-order valence-corrected chi connectivity index (χ1v) is 15.9. The third-order valence-corrected chi connectivity index (χ3v) is 9.35. The lowest BCUT2D eigenvalue weighted by molar-refractivity contribution is -0.143. The van der Waals surface area contributed by atoms with Gasteiger partial charge >= 0.3 is 0 Å². The number of aliphatic hydroxyl groups is 2. The van der Waals surface area contributed by atoms with Crippen LogP contribution in [-0.2, 0) is 20.0 Å². The number of aliphatic hydroxyl groups excluding tert-OH is 1. The Morgan fingerprint density at radius 3 is 2.43 bits per heavy atom. The lowest BCUT2D eigenvalue weighted by atomic mass is 9.77. The van der Waals surface area contributed by atoms with Crippen molar-refractivity contribution >= 4 is 34.4 Å². The summed E-state index contributed by atoms with van der Waals surface area (Å²) in [5, 5.41) is 37.4. The Kier molecular flexibility index (Phi) is 9.45. The first-order valence-electron chi connectivity index (χ1n) is 15.9. The first kappa shape index (κ1) is 33.0. The Hall–Kier alpha value is -4.36. The van der Waals surface area contributed by atoms with Gasteiger partial charge in [-0.25, -0.2) is 4.68 Å². The number of hydrogen-bond donors (Lipinski definition) is 5. The molecule has 2 aromatic carbocycles. The number of likely N-dealkylation sites (tertiary alicyclic amines) is 1. The standard InChI is InChI=1S/C33H43N7O6/c1-4-24(36-29(43)22-13-12-20-10-6-7-11-21(20)16-22)31(45)39-19-23(40-26(18-35-38-40)32(2,3)46)17-25(39)30(44)37-33(27(41)28(34)42)14-8-5-9-15-33/h6-7,10-13,16,18,23-25,27,41,46H,4-5,8-9,14-15,17,19H2,1-3H3,(H2,34,42)(H,36,43)(H,37,44)/t23-,24+,25-,27?/m0/s1. The van der Waals surface area contributed by atoms with Crippen molar-refractivity contribution < 1.29 is 29.4 Å². The highest BCUT2D eigenvalue weighted by Crippen LogP contribution is 2.35. The maximum Gasteiger partial charge on any atom is 0.251 e. The largest absolute Gasteiger partial charge is 0.384 e. The molecule has 3 aromatic rings. The van der Waals surface area contributed by atoms with E-state index >= 15 is 0 Å². The number of nitrogens with zero attached hydrogens (tertiary/aromatic N) is 4. The topological polar surface area (TPSA) is 193 Å². The van der Waals surface area contributed by atoms with E-state index in [9.17, 15) is 29.4 Å². The lowest BCUT2D eigenvalue weighted by Gasteiger charge is -2.41. The van der Waals surface area contributed by atoms with Gasteiger partial charge in [0.25, 0.3) is 5.91 Å². The predicted molar refractivity (Wildman–Crippen MR) is 169 cm³/mol. The van der Waals surface area contributed by atoms with Gasteiger partial charge in [-0.05, 0) is 56.0 Å². The van der Waals surface area contributed by atoms with Crippen LogP contribution in [0.25, 0.3) is 10.8 Å². The van der Waals surface area contributed by atoms with Crippen LogP contribution in [0.1, 0.15) is 87.8 Å². The molecule has 0 radical (unpaired) electrons. The molecule has 13 heteroatoms. The number of benzene rings is 2. The quantitative estimate of drug-likeness (QED) is 0.223. The van der Waals surface area contributed by atoms with Crippen LogP contribution in [0.3, 0.4) is 0 Å². The maximum absolute atomic E-state index is 14.2. The van der Waals surface area contributed by atoms with E-state index in [0.29, 0.717) is 36.9 Å². The van der Waals surface area contributed by atoms with Crippen LogP contribution in [0.4, 0.5) is 0 Å². The van der Waals surface area contributed by atoms with E-state index in [-0.39, 0.29) is 19.4 Å². The fraction of sp³-hybridized carbons (Fsp3) is 0.515. The van der Waals surface area contributed by atoms with Gasteiger partial charge in [-0.15, -0.1) is 5.10 Å². The average Bonchev–Trinajstić information content (AvgIpc) is 3.71. The zero-order valence-electron chi connectivity index (χ0n) is 26.5. The number of hydrogen-bond acceptors (Lipinski definition) is 8. The Balaban J connectivity index is 1.43. The van der Waals surface area contributed by atoms with E-state index in [1.54, 1.807) is 32.9 Å². The molecule has 0 spiro atoms. The molecule has 1 unspecified atom stereocenters. The van der Waals surface area contributed by atoms with Gasteiger partial charge in [0.15, 0.2) is 6.10 Å². The summed E-state index contributed by atoms with van der Waals surface area (Å²) in [4.78, 5) is 55.2. The van der Waals surface area contributed by atoms with Crippen LogP contribution < -0.4 is 16.4 Å². The fourth-order valence-corrected chi connectivity index (χ4v) is 6.80. The van der Waals surface area contributed by atoms with Crippen LogP contribution in [0.2, 0.25) is 0 Å². The van der Waals surface area contributed by atoms with Crippen molar-refractivity contribution in [1.82, 2.24) is 30.5 Å². The number of carbonyl (C=O) groups excluding carboxylic acids is 4. The molecule has 6 N–H and O–H groups in total. The second-order valence-electron chi connectivity index (χ2n) is 13.0. The van der Waals surface area contributed by atoms with Crippen molar-refractivity contribution in [3.63, 3.8) is 0 Å². The summed E-state index contributed by atoms with van der Waals surface area (Å²) in [5.41, 5.74) is 3.76. The van der Waals surface area contributed by atoms with Crippen LogP contribution in [-0.4, -0.2) is 84.0 Å². The Bertz CT molecular complexity index is 1610. The van der Waals surface area contributed by atoms with Crippen molar-refractivity contribution in [2.24, 2.45) is 5.73 Å². The monoisotopic (exact) mass is 633 g/mol. The van der Waals surface area contributed by atoms with E-state index in [2.05, 4.69) is 20.9 Å². The molecule has 4 amide bonds. The van der Waals surface area contributed by atoms with Crippen LogP contribution >= 0.6 is 0 Å². The van der Waals surface area contributed by atoms with Gasteiger partial charge in [0, 0.05) is 18.5 Å². The van der Waals surface area contributed by atoms with Gasteiger partial charge in [0.05, 0.1) is 23.5 Å². The minimum Gasteiger partial charge on any atom is -0.384 e. The number of amides is 4. The molecule has 246 valence electrons. The molecule has 46 heavy (non-hydrogen) atoms. The third kappa shape index (κ3) is 6.61. The van der Waals surface area contributed by atoms with E-state index < -0.39 is 59.0 Å². The molecule has 2 heterocycles. The van der Waals surface area contributed by atoms with E-state index in [0.717, 1.165) is 17.2 Å². The first-order chi connectivity index (χ1) is 21.8. The van der Waals surface area contributed by atoms with Gasteiger partial charge < -0.3 is 31.5 Å². The number of aromatic nitrogens is 3. The van der Waals surface area contributed by atoms with Gasteiger partial charge in [-0.3, -0.25) is 19.2 Å². The maximum atomic E-state index is 14.2. The molecule has 2 fully saturated rings. The van der Waals surface area contributed by atoms with Crippen molar-refractivity contribution in [3.05, 3.63) is 59.9 Å². The zero-order chi connectivity index (χ0) is 33.2. The van der Waals surface area contributed by atoms with Gasteiger partial charge in [-0.1, -0.05) is 61.7 Å². The molecular formula is C33H43N7O6. The van der Waals surface area contributed by atoms with Crippen molar-refractivity contribution in [2.45, 2.75) is 101 Å². The third-order valence-electron chi connectivity index (χ3n) is 9.35. The summed E-state index contributed by atoms with van der Waals surface area (Å²) in [6.45, 7) is 5.02.